The molecule has 2 aliphatic heterocycles. The van der Waals surface area contributed by atoms with E-state index >= 15 is 0 Å². The lowest BCUT2D eigenvalue weighted by Gasteiger charge is -2.50. The molecule has 0 aliphatic carbocycles. The van der Waals surface area contributed by atoms with Crippen LogP contribution in [0.1, 0.15) is 78.5 Å². The maximum absolute atomic E-state index is 14.1. The van der Waals surface area contributed by atoms with E-state index in [2.05, 4.69) is 5.32 Å². The zero-order valence-electron chi connectivity index (χ0n) is 24.3. The smallest absolute Gasteiger partial charge is 0.322 e. The number of hydrogen-bond acceptors (Lipinski definition) is 5. The summed E-state index contributed by atoms with van der Waals surface area (Å²) in [6.07, 6.45) is 2.51. The Hall–Kier alpha value is -3.59. The lowest BCUT2D eigenvalue weighted by molar-refractivity contribution is -0.158. The van der Waals surface area contributed by atoms with Crippen LogP contribution in [0.25, 0.3) is 0 Å². The molecule has 0 spiro atoms. The number of amides is 2. The SMILES string of the molecule is CC.O=C(CC1c2ccccc2C(=O)N(N2CCCCC2C(=O)O)C1c1ccc(Cl)cc1Cl)NCCc1ccc(O)cc1. The number of nitrogens with one attached hydrogen (secondary N) is 1. The Bertz CT molecular complexity index is 1450. The van der Waals surface area contributed by atoms with Gasteiger partial charge in [0.15, 0.2) is 0 Å². The van der Waals surface area contributed by atoms with Crippen molar-refractivity contribution in [1.82, 2.24) is 15.3 Å². The monoisotopic (exact) mass is 625 g/mol. The Labute approximate surface area is 262 Å². The van der Waals surface area contributed by atoms with Crippen molar-refractivity contribution in [3.63, 3.8) is 0 Å². The number of carbonyl (C=O) groups excluding carboxylic acids is 2. The second-order valence-electron chi connectivity index (χ2n) is 10.4. The van der Waals surface area contributed by atoms with Gasteiger partial charge in [0.1, 0.15) is 11.8 Å². The van der Waals surface area contributed by atoms with Gasteiger partial charge in [-0.2, -0.15) is 0 Å². The third-order valence-electron chi connectivity index (χ3n) is 7.84. The fourth-order valence-corrected chi connectivity index (χ4v) is 6.42. The average molecular weight is 627 g/mol. The highest BCUT2D eigenvalue weighted by molar-refractivity contribution is 6.35. The predicted octanol–water partition coefficient (Wildman–Crippen LogP) is 6.61. The second kappa shape index (κ2) is 14.7. The number of carbonyl (C=O) groups is 3. The highest BCUT2D eigenvalue weighted by Gasteiger charge is 2.47. The second-order valence-corrected chi connectivity index (χ2v) is 11.3. The quantitative estimate of drug-likeness (QED) is 0.260. The minimum Gasteiger partial charge on any atom is -0.508 e. The van der Waals surface area contributed by atoms with Gasteiger partial charge in [-0.1, -0.05) is 73.4 Å². The number of aromatic hydroxyl groups is 1. The molecule has 1 saturated heterocycles. The molecule has 3 N–H and O–H groups in total. The highest BCUT2D eigenvalue weighted by atomic mass is 35.5. The Kier molecular flexibility index (Phi) is 11.1. The lowest BCUT2D eigenvalue weighted by atomic mass is 9.78. The van der Waals surface area contributed by atoms with Gasteiger partial charge in [0.25, 0.3) is 5.91 Å². The first-order valence-electron chi connectivity index (χ1n) is 14.7. The summed E-state index contributed by atoms with van der Waals surface area (Å²) in [5, 5.41) is 26.5. The van der Waals surface area contributed by atoms with Crippen molar-refractivity contribution in [2.24, 2.45) is 0 Å². The third-order valence-corrected chi connectivity index (χ3v) is 8.40. The van der Waals surface area contributed by atoms with Gasteiger partial charge >= 0.3 is 5.97 Å². The van der Waals surface area contributed by atoms with Crippen LogP contribution in [-0.2, 0) is 16.0 Å². The number of rotatable bonds is 8. The van der Waals surface area contributed by atoms with Crippen LogP contribution in [0.5, 0.6) is 5.75 Å². The topological polar surface area (TPSA) is 110 Å². The Morgan fingerprint density at radius 3 is 2.40 bits per heavy atom. The van der Waals surface area contributed by atoms with E-state index < -0.39 is 24.0 Å². The molecule has 10 heteroatoms. The molecule has 3 aromatic rings. The van der Waals surface area contributed by atoms with Crippen LogP contribution in [0.3, 0.4) is 0 Å². The third kappa shape index (κ3) is 7.32. The number of hydrazine groups is 1. The molecular formula is C33H37Cl2N3O5. The van der Waals surface area contributed by atoms with Gasteiger partial charge in [-0.3, -0.25) is 19.4 Å². The van der Waals surface area contributed by atoms with Gasteiger partial charge in [0, 0.05) is 41.0 Å². The van der Waals surface area contributed by atoms with Crippen LogP contribution in [0.15, 0.2) is 66.7 Å². The van der Waals surface area contributed by atoms with Crippen molar-refractivity contribution in [3.05, 3.63) is 99.0 Å². The maximum atomic E-state index is 14.1. The van der Waals surface area contributed by atoms with Crippen LogP contribution in [0, 0.1) is 0 Å². The average Bonchev–Trinajstić information content (AvgIpc) is 3.01. The van der Waals surface area contributed by atoms with Crippen molar-refractivity contribution in [2.75, 3.05) is 13.1 Å². The van der Waals surface area contributed by atoms with Gasteiger partial charge in [-0.25, -0.2) is 5.01 Å². The Morgan fingerprint density at radius 2 is 1.70 bits per heavy atom. The van der Waals surface area contributed by atoms with E-state index in [9.17, 15) is 24.6 Å². The summed E-state index contributed by atoms with van der Waals surface area (Å²) < 4.78 is 0. The molecule has 1 fully saturated rings. The van der Waals surface area contributed by atoms with Gasteiger partial charge in [-0.05, 0) is 72.7 Å². The summed E-state index contributed by atoms with van der Waals surface area (Å²) in [6, 6.07) is 17.4. The number of halogens is 2. The molecule has 5 rings (SSSR count). The predicted molar refractivity (Wildman–Crippen MR) is 167 cm³/mol. The number of aliphatic carboxylic acids is 1. The minimum absolute atomic E-state index is 0.0472. The molecule has 2 amide bonds. The van der Waals surface area contributed by atoms with Gasteiger partial charge in [0.05, 0.1) is 6.04 Å². The Balaban J connectivity index is 0.00000207. The van der Waals surface area contributed by atoms with Crippen molar-refractivity contribution in [3.8, 4) is 5.75 Å². The zero-order valence-corrected chi connectivity index (χ0v) is 25.8. The van der Waals surface area contributed by atoms with E-state index in [1.54, 1.807) is 59.6 Å². The number of piperidine rings is 1. The molecule has 228 valence electrons. The number of hydrogen-bond donors (Lipinski definition) is 3. The van der Waals surface area contributed by atoms with Crippen molar-refractivity contribution < 1.29 is 24.6 Å². The molecule has 0 bridgehead atoms. The number of carboxylic acid groups (broad SMARTS) is 1. The van der Waals surface area contributed by atoms with Crippen molar-refractivity contribution >= 4 is 41.0 Å². The lowest BCUT2D eigenvalue weighted by Crippen LogP contribution is -2.59. The van der Waals surface area contributed by atoms with E-state index in [4.69, 9.17) is 23.2 Å². The molecule has 0 saturated carbocycles. The summed E-state index contributed by atoms with van der Waals surface area (Å²) >= 11 is 13.0. The van der Waals surface area contributed by atoms with Crippen LogP contribution in [-0.4, -0.2) is 57.1 Å². The van der Waals surface area contributed by atoms with Crippen LogP contribution < -0.4 is 5.32 Å². The molecule has 3 aromatic carbocycles. The van der Waals surface area contributed by atoms with E-state index in [1.807, 2.05) is 26.0 Å². The number of benzene rings is 3. The van der Waals surface area contributed by atoms with Gasteiger partial charge < -0.3 is 15.5 Å². The van der Waals surface area contributed by atoms with Gasteiger partial charge in [-0.15, -0.1) is 0 Å². The normalized spacial score (nSPS) is 20.0. The summed E-state index contributed by atoms with van der Waals surface area (Å²) in [4.78, 5) is 39.9. The van der Waals surface area contributed by atoms with Crippen molar-refractivity contribution in [1.29, 1.82) is 0 Å². The zero-order chi connectivity index (χ0) is 31.1. The molecule has 43 heavy (non-hydrogen) atoms. The molecular weight excluding hydrogens is 589 g/mol. The van der Waals surface area contributed by atoms with Crippen molar-refractivity contribution in [2.45, 2.75) is 64.0 Å². The minimum atomic E-state index is -0.999. The van der Waals surface area contributed by atoms with Crippen LogP contribution in [0.4, 0.5) is 0 Å². The molecule has 2 heterocycles. The molecule has 0 radical (unpaired) electrons. The van der Waals surface area contributed by atoms with E-state index in [0.717, 1.165) is 18.4 Å². The first-order chi connectivity index (χ1) is 20.7. The summed E-state index contributed by atoms with van der Waals surface area (Å²) in [5.41, 5.74) is 2.71. The molecule has 8 nitrogen and oxygen atoms in total. The number of phenolic OH excluding ortho intramolecular Hbond substituents is 1. The maximum Gasteiger partial charge on any atom is 0.322 e. The molecule has 2 aliphatic rings. The summed E-state index contributed by atoms with van der Waals surface area (Å²) in [7, 11) is 0. The van der Waals surface area contributed by atoms with E-state index in [0.29, 0.717) is 52.7 Å². The number of carboxylic acids is 1. The first-order valence-corrected chi connectivity index (χ1v) is 15.4. The van der Waals surface area contributed by atoms with Crippen LogP contribution in [0.2, 0.25) is 10.0 Å². The number of nitrogens with zero attached hydrogens (tertiary/aromatic N) is 2. The molecule has 3 atom stereocenters. The fourth-order valence-electron chi connectivity index (χ4n) is 5.90. The first kappa shape index (κ1) is 32.3. The van der Waals surface area contributed by atoms with E-state index in [-0.39, 0.29) is 24.0 Å². The molecule has 3 unspecified atom stereocenters. The molecule has 0 aromatic heterocycles. The fraction of sp³-hybridized carbons (Fsp3) is 0.364. The van der Waals surface area contributed by atoms with Crippen LogP contribution >= 0.6 is 23.2 Å². The van der Waals surface area contributed by atoms with Gasteiger partial charge in [0.2, 0.25) is 5.91 Å². The number of phenols is 1. The standard InChI is InChI=1S/C31H31Cl2N3O5.C2H6/c32-20-10-13-24(26(33)17-20)29-25(18-28(38)34-15-14-19-8-11-21(37)12-9-19)22-5-1-2-6-23(22)30(39)36(29)35-16-4-3-7-27(35)31(40)41;1-2/h1-2,5-6,8-13,17,25,27,29,37H,3-4,7,14-16,18H2,(H,34,38)(H,40,41);1-2H3. The largest absolute Gasteiger partial charge is 0.508 e. The number of fused-ring (bicyclic) bond motifs is 1. The summed E-state index contributed by atoms with van der Waals surface area (Å²) in [6.45, 7) is 4.78. The van der Waals surface area contributed by atoms with E-state index in [1.165, 1.54) is 5.01 Å². The highest BCUT2D eigenvalue weighted by Crippen LogP contribution is 2.48. The Morgan fingerprint density at radius 1 is 0.977 bits per heavy atom. The summed E-state index contributed by atoms with van der Waals surface area (Å²) in [5.74, 6) is -1.86.